The van der Waals surface area contributed by atoms with E-state index in [-0.39, 0.29) is 24.2 Å². The van der Waals surface area contributed by atoms with Crippen LogP contribution in [0, 0.1) is 0 Å². The summed E-state index contributed by atoms with van der Waals surface area (Å²) in [5.41, 5.74) is 1.44. The number of phenolic OH excluding ortho intramolecular Hbond substituents is 1. The zero-order chi connectivity index (χ0) is 20.6. The van der Waals surface area contributed by atoms with Gasteiger partial charge in [0, 0.05) is 23.0 Å². The molecular formula is C22H20N2O5. The van der Waals surface area contributed by atoms with Crippen molar-refractivity contribution in [3.63, 3.8) is 0 Å². The van der Waals surface area contributed by atoms with E-state index in [4.69, 9.17) is 9.47 Å². The summed E-state index contributed by atoms with van der Waals surface area (Å²) in [5.74, 6) is 0.420. The van der Waals surface area contributed by atoms with E-state index in [0.717, 1.165) is 0 Å². The second kappa shape index (κ2) is 9.27. The van der Waals surface area contributed by atoms with E-state index < -0.39 is 0 Å². The Morgan fingerprint density at radius 2 is 1.59 bits per heavy atom. The zero-order valence-corrected chi connectivity index (χ0v) is 15.7. The van der Waals surface area contributed by atoms with Crippen LogP contribution in [0.1, 0.15) is 10.4 Å². The fourth-order valence-electron chi connectivity index (χ4n) is 2.57. The highest BCUT2D eigenvalue weighted by molar-refractivity contribution is 6.04. The molecule has 0 unspecified atom stereocenters. The third-order valence-corrected chi connectivity index (χ3v) is 3.96. The third kappa shape index (κ3) is 5.49. The number of benzene rings is 3. The first kappa shape index (κ1) is 19.8. The minimum absolute atomic E-state index is 0.0659. The van der Waals surface area contributed by atoms with Crippen molar-refractivity contribution in [3.05, 3.63) is 78.4 Å². The van der Waals surface area contributed by atoms with Gasteiger partial charge in [-0.2, -0.15) is 0 Å². The highest BCUT2D eigenvalue weighted by atomic mass is 16.5. The maximum Gasteiger partial charge on any atom is 0.262 e. The van der Waals surface area contributed by atoms with Crippen molar-refractivity contribution in [2.45, 2.75) is 0 Å². The highest BCUT2D eigenvalue weighted by Gasteiger charge is 2.09. The van der Waals surface area contributed by atoms with Crippen molar-refractivity contribution in [1.82, 2.24) is 0 Å². The Labute approximate surface area is 167 Å². The van der Waals surface area contributed by atoms with Crippen LogP contribution in [-0.2, 0) is 4.79 Å². The number of anilines is 2. The first-order valence-electron chi connectivity index (χ1n) is 8.81. The molecule has 3 aromatic rings. The highest BCUT2D eigenvalue weighted by Crippen LogP contribution is 2.25. The molecular weight excluding hydrogens is 372 g/mol. The average molecular weight is 392 g/mol. The Bertz CT molecular complexity index is 1000. The van der Waals surface area contributed by atoms with E-state index in [1.165, 1.54) is 19.2 Å². The molecule has 0 aliphatic carbocycles. The number of ether oxygens (including phenoxy) is 2. The Morgan fingerprint density at radius 3 is 2.28 bits per heavy atom. The summed E-state index contributed by atoms with van der Waals surface area (Å²) in [4.78, 5) is 24.4. The summed E-state index contributed by atoms with van der Waals surface area (Å²) in [7, 11) is 1.53. The standard InChI is InChI=1S/C22H20N2O5/c1-28-19-7-2-3-8-20(19)29-14-21(26)23-16-11-9-15(10-12-16)22(27)24-17-5-4-6-18(25)13-17/h2-13,25H,14H2,1H3,(H,23,26)(H,24,27). The van der Waals surface area contributed by atoms with Crippen molar-refractivity contribution >= 4 is 23.2 Å². The van der Waals surface area contributed by atoms with Crippen molar-refractivity contribution in [2.24, 2.45) is 0 Å². The Hall–Kier alpha value is -4.00. The first-order chi connectivity index (χ1) is 14.0. The van der Waals surface area contributed by atoms with Gasteiger partial charge < -0.3 is 25.2 Å². The maximum absolute atomic E-state index is 12.3. The van der Waals surface area contributed by atoms with Gasteiger partial charge in [0.2, 0.25) is 0 Å². The number of rotatable bonds is 7. The smallest absolute Gasteiger partial charge is 0.262 e. The number of amides is 2. The molecule has 0 atom stereocenters. The van der Waals surface area contributed by atoms with Gasteiger partial charge in [-0.25, -0.2) is 0 Å². The number of hydrogen-bond acceptors (Lipinski definition) is 5. The van der Waals surface area contributed by atoms with E-state index in [1.54, 1.807) is 54.6 Å². The largest absolute Gasteiger partial charge is 0.508 e. The molecule has 148 valence electrons. The van der Waals surface area contributed by atoms with Crippen molar-refractivity contribution in [3.8, 4) is 17.2 Å². The fourth-order valence-corrected chi connectivity index (χ4v) is 2.57. The molecule has 3 aromatic carbocycles. The molecule has 0 aliphatic heterocycles. The third-order valence-electron chi connectivity index (χ3n) is 3.96. The summed E-state index contributed by atoms with van der Waals surface area (Å²) in [6.45, 7) is -0.180. The second-order valence-corrected chi connectivity index (χ2v) is 6.07. The molecule has 3 N–H and O–H groups in total. The van der Waals surface area contributed by atoms with Crippen molar-refractivity contribution in [1.29, 1.82) is 0 Å². The van der Waals surface area contributed by atoms with Crippen LogP contribution < -0.4 is 20.1 Å². The lowest BCUT2D eigenvalue weighted by Gasteiger charge is -2.11. The van der Waals surface area contributed by atoms with Crippen LogP contribution in [0.25, 0.3) is 0 Å². The molecule has 0 aliphatic rings. The SMILES string of the molecule is COc1ccccc1OCC(=O)Nc1ccc(C(=O)Nc2cccc(O)c2)cc1. The molecule has 29 heavy (non-hydrogen) atoms. The first-order valence-corrected chi connectivity index (χ1v) is 8.81. The number of nitrogens with one attached hydrogen (secondary N) is 2. The zero-order valence-electron chi connectivity index (χ0n) is 15.7. The van der Waals surface area contributed by atoms with Crippen LogP contribution >= 0.6 is 0 Å². The number of hydrogen-bond donors (Lipinski definition) is 3. The number of methoxy groups -OCH3 is 1. The summed E-state index contributed by atoms with van der Waals surface area (Å²) in [5, 5.41) is 14.8. The second-order valence-electron chi connectivity index (χ2n) is 6.07. The summed E-state index contributed by atoms with van der Waals surface area (Å²) in [6, 6.07) is 19.8. The van der Waals surface area contributed by atoms with E-state index in [0.29, 0.717) is 28.4 Å². The van der Waals surface area contributed by atoms with Gasteiger partial charge >= 0.3 is 0 Å². The molecule has 7 nitrogen and oxygen atoms in total. The molecule has 0 fully saturated rings. The minimum atomic E-state index is -0.340. The summed E-state index contributed by atoms with van der Waals surface area (Å²) < 4.78 is 10.7. The lowest BCUT2D eigenvalue weighted by Crippen LogP contribution is -2.20. The molecule has 0 aromatic heterocycles. The van der Waals surface area contributed by atoms with Gasteiger partial charge in [-0.15, -0.1) is 0 Å². The number of phenols is 1. The van der Waals surface area contributed by atoms with E-state index in [2.05, 4.69) is 10.6 Å². The van der Waals surface area contributed by atoms with E-state index in [1.807, 2.05) is 6.07 Å². The predicted octanol–water partition coefficient (Wildman–Crippen LogP) is 3.67. The van der Waals surface area contributed by atoms with Crippen LogP contribution in [0.3, 0.4) is 0 Å². The quantitative estimate of drug-likeness (QED) is 0.570. The van der Waals surface area contributed by atoms with Crippen LogP contribution in [0.15, 0.2) is 72.8 Å². The van der Waals surface area contributed by atoms with Gasteiger partial charge in [0.25, 0.3) is 11.8 Å². The molecule has 0 radical (unpaired) electrons. The van der Waals surface area contributed by atoms with Crippen LogP contribution in [0.2, 0.25) is 0 Å². The molecule has 0 bridgehead atoms. The van der Waals surface area contributed by atoms with Crippen molar-refractivity contribution in [2.75, 3.05) is 24.4 Å². The van der Waals surface area contributed by atoms with E-state index in [9.17, 15) is 14.7 Å². The van der Waals surface area contributed by atoms with Crippen LogP contribution in [0.5, 0.6) is 17.2 Å². The molecule has 2 amide bonds. The number of carbonyl (C=O) groups is 2. The average Bonchev–Trinajstić information content (AvgIpc) is 2.73. The molecule has 7 heteroatoms. The molecule has 0 spiro atoms. The van der Waals surface area contributed by atoms with Crippen LogP contribution in [0.4, 0.5) is 11.4 Å². The van der Waals surface area contributed by atoms with Gasteiger partial charge in [0.15, 0.2) is 18.1 Å². The van der Waals surface area contributed by atoms with Gasteiger partial charge in [-0.1, -0.05) is 18.2 Å². The summed E-state index contributed by atoms with van der Waals surface area (Å²) in [6.07, 6.45) is 0. The molecule has 0 heterocycles. The fraction of sp³-hybridized carbons (Fsp3) is 0.0909. The van der Waals surface area contributed by atoms with Gasteiger partial charge in [-0.3, -0.25) is 9.59 Å². The molecule has 0 saturated heterocycles. The topological polar surface area (TPSA) is 96.9 Å². The Kier molecular flexibility index (Phi) is 6.32. The normalized spacial score (nSPS) is 10.1. The van der Waals surface area contributed by atoms with Gasteiger partial charge in [0.05, 0.1) is 7.11 Å². The number of para-hydroxylation sites is 2. The lowest BCUT2D eigenvalue weighted by atomic mass is 10.2. The monoisotopic (exact) mass is 392 g/mol. The minimum Gasteiger partial charge on any atom is -0.508 e. The van der Waals surface area contributed by atoms with Crippen LogP contribution in [-0.4, -0.2) is 30.6 Å². The predicted molar refractivity (Wildman–Crippen MR) is 110 cm³/mol. The Morgan fingerprint density at radius 1 is 0.862 bits per heavy atom. The van der Waals surface area contributed by atoms with Gasteiger partial charge in [0.1, 0.15) is 5.75 Å². The maximum atomic E-state index is 12.3. The number of aromatic hydroxyl groups is 1. The van der Waals surface area contributed by atoms with Gasteiger partial charge in [-0.05, 0) is 48.5 Å². The molecule has 0 saturated carbocycles. The molecule has 3 rings (SSSR count). The van der Waals surface area contributed by atoms with E-state index >= 15 is 0 Å². The number of carbonyl (C=O) groups excluding carboxylic acids is 2. The summed E-state index contributed by atoms with van der Waals surface area (Å²) >= 11 is 0. The Balaban J connectivity index is 1.54. The lowest BCUT2D eigenvalue weighted by molar-refractivity contribution is -0.118. The van der Waals surface area contributed by atoms with Crippen molar-refractivity contribution < 1.29 is 24.2 Å².